The Balaban J connectivity index is 2.74. The molecule has 0 amide bonds. The number of unbranched alkanes of at least 4 members (excludes halogenated alkanes) is 1. The summed E-state index contributed by atoms with van der Waals surface area (Å²) in [6.07, 6.45) is 4.61. The van der Waals surface area contributed by atoms with Crippen LogP contribution in [0.2, 0.25) is 5.02 Å². The average molecular weight is 251 g/mol. The quantitative estimate of drug-likeness (QED) is 0.801. The third kappa shape index (κ3) is 4.28. The van der Waals surface area contributed by atoms with Gasteiger partial charge in [0.1, 0.15) is 0 Å². The van der Waals surface area contributed by atoms with Crippen molar-refractivity contribution in [1.82, 2.24) is 0 Å². The first-order valence-corrected chi connectivity index (χ1v) is 6.55. The fraction of sp³-hybridized carbons (Fsp3) is 0.500. The van der Waals surface area contributed by atoms with Crippen molar-refractivity contribution in [3.63, 3.8) is 0 Å². The number of halogens is 1. The summed E-state index contributed by atoms with van der Waals surface area (Å²) in [4.78, 5) is 0. The average Bonchev–Trinajstić information content (AvgIpc) is 2.36. The highest BCUT2D eigenvalue weighted by Gasteiger charge is 2.08. The summed E-state index contributed by atoms with van der Waals surface area (Å²) in [7, 11) is 0. The van der Waals surface area contributed by atoms with Crippen LogP contribution in [0.4, 0.5) is 5.69 Å². The molecule has 0 spiro atoms. The molecule has 0 fully saturated rings. The lowest BCUT2D eigenvalue weighted by Gasteiger charge is -2.19. The van der Waals surface area contributed by atoms with E-state index in [1.165, 1.54) is 12.8 Å². The number of nitrogens with one attached hydrogen (secondary N) is 1. The number of hydrogen-bond donors (Lipinski definition) is 1. The number of hydrogen-bond acceptors (Lipinski definition) is 2. The smallest absolute Gasteiger partial charge is 0.0992 e. The van der Waals surface area contributed by atoms with Crippen molar-refractivity contribution in [2.45, 2.75) is 45.6 Å². The molecule has 0 saturated heterocycles. The van der Waals surface area contributed by atoms with Crippen molar-refractivity contribution in [3.05, 3.63) is 28.8 Å². The summed E-state index contributed by atoms with van der Waals surface area (Å²) in [5.41, 5.74) is 1.51. The molecule has 1 N–H and O–H groups in total. The van der Waals surface area contributed by atoms with Crippen LogP contribution in [0.3, 0.4) is 0 Å². The van der Waals surface area contributed by atoms with Crippen molar-refractivity contribution >= 4 is 17.3 Å². The summed E-state index contributed by atoms with van der Waals surface area (Å²) in [6.45, 7) is 4.35. The van der Waals surface area contributed by atoms with E-state index in [-0.39, 0.29) is 0 Å². The van der Waals surface area contributed by atoms with Gasteiger partial charge in [-0.3, -0.25) is 0 Å². The van der Waals surface area contributed by atoms with Crippen molar-refractivity contribution in [3.8, 4) is 6.07 Å². The van der Waals surface area contributed by atoms with E-state index in [1.807, 2.05) is 6.07 Å². The Morgan fingerprint density at radius 2 is 2.18 bits per heavy atom. The normalized spacial score (nSPS) is 11.9. The highest BCUT2D eigenvalue weighted by Crippen LogP contribution is 2.24. The SMILES string of the molecule is CCCCC(CC)Nc1cc(C#N)ccc1Cl. The maximum absolute atomic E-state index is 8.86. The van der Waals surface area contributed by atoms with Crippen LogP contribution in [-0.2, 0) is 0 Å². The molecule has 1 rings (SSSR count). The fourth-order valence-corrected chi connectivity index (χ4v) is 1.93. The van der Waals surface area contributed by atoms with Gasteiger partial charge in [-0.2, -0.15) is 5.26 Å². The van der Waals surface area contributed by atoms with Gasteiger partial charge in [-0.25, -0.2) is 0 Å². The van der Waals surface area contributed by atoms with Crippen LogP contribution in [0, 0.1) is 11.3 Å². The minimum Gasteiger partial charge on any atom is -0.381 e. The Labute approximate surface area is 109 Å². The van der Waals surface area contributed by atoms with E-state index in [4.69, 9.17) is 16.9 Å². The van der Waals surface area contributed by atoms with Gasteiger partial charge in [0.25, 0.3) is 0 Å². The second kappa shape index (κ2) is 7.19. The van der Waals surface area contributed by atoms with Crippen LogP contribution >= 0.6 is 11.6 Å². The summed E-state index contributed by atoms with van der Waals surface area (Å²) < 4.78 is 0. The molecule has 0 aliphatic rings. The van der Waals surface area contributed by atoms with Gasteiger partial charge in [0.2, 0.25) is 0 Å². The minimum absolute atomic E-state index is 0.432. The fourth-order valence-electron chi connectivity index (χ4n) is 1.75. The van der Waals surface area contributed by atoms with Gasteiger partial charge in [0.05, 0.1) is 22.3 Å². The Hall–Kier alpha value is -1.20. The van der Waals surface area contributed by atoms with Gasteiger partial charge in [0.15, 0.2) is 0 Å². The summed E-state index contributed by atoms with van der Waals surface area (Å²) in [6, 6.07) is 7.89. The van der Waals surface area contributed by atoms with E-state index in [0.29, 0.717) is 16.6 Å². The first kappa shape index (κ1) is 13.9. The van der Waals surface area contributed by atoms with Crippen LogP contribution in [0.5, 0.6) is 0 Å². The number of nitrogens with zero attached hydrogens (tertiary/aromatic N) is 1. The van der Waals surface area contributed by atoms with Gasteiger partial charge in [0, 0.05) is 6.04 Å². The van der Waals surface area contributed by atoms with Crippen LogP contribution in [0.1, 0.15) is 45.1 Å². The van der Waals surface area contributed by atoms with Crippen LogP contribution < -0.4 is 5.32 Å². The molecule has 0 bridgehead atoms. The lowest BCUT2D eigenvalue weighted by molar-refractivity contribution is 0.593. The predicted molar refractivity (Wildman–Crippen MR) is 73.4 cm³/mol. The zero-order valence-electron chi connectivity index (χ0n) is 10.5. The molecule has 2 nitrogen and oxygen atoms in total. The van der Waals surface area contributed by atoms with Gasteiger partial charge in [-0.05, 0) is 31.0 Å². The molecule has 1 atom stereocenters. The van der Waals surface area contributed by atoms with Crippen molar-refractivity contribution in [2.24, 2.45) is 0 Å². The standard InChI is InChI=1S/C14H19ClN2/c1-3-5-6-12(4-2)17-14-9-11(10-16)7-8-13(14)15/h7-9,12,17H,3-6H2,1-2H3. The van der Waals surface area contributed by atoms with Gasteiger partial charge < -0.3 is 5.32 Å². The lowest BCUT2D eigenvalue weighted by Crippen LogP contribution is -2.18. The van der Waals surface area contributed by atoms with E-state index in [2.05, 4.69) is 25.2 Å². The highest BCUT2D eigenvalue weighted by molar-refractivity contribution is 6.33. The van der Waals surface area contributed by atoms with Crippen molar-refractivity contribution in [1.29, 1.82) is 5.26 Å². The van der Waals surface area contributed by atoms with E-state index < -0.39 is 0 Å². The molecule has 0 aliphatic carbocycles. The molecule has 0 radical (unpaired) electrons. The molecular formula is C14H19ClN2. The molecule has 1 aromatic carbocycles. The Morgan fingerprint density at radius 3 is 2.76 bits per heavy atom. The zero-order chi connectivity index (χ0) is 12.7. The zero-order valence-corrected chi connectivity index (χ0v) is 11.2. The van der Waals surface area contributed by atoms with Gasteiger partial charge in [-0.15, -0.1) is 0 Å². The second-order valence-corrected chi connectivity index (χ2v) is 4.61. The molecule has 1 aromatic rings. The topological polar surface area (TPSA) is 35.8 Å². The van der Waals surface area contributed by atoms with E-state index in [0.717, 1.165) is 18.5 Å². The van der Waals surface area contributed by atoms with Crippen LogP contribution in [0.25, 0.3) is 0 Å². The number of anilines is 1. The Bertz CT molecular complexity index is 396. The number of rotatable bonds is 6. The Morgan fingerprint density at radius 1 is 1.41 bits per heavy atom. The van der Waals surface area contributed by atoms with Gasteiger partial charge >= 0.3 is 0 Å². The van der Waals surface area contributed by atoms with E-state index in [1.54, 1.807) is 12.1 Å². The number of nitriles is 1. The molecular weight excluding hydrogens is 232 g/mol. The first-order valence-electron chi connectivity index (χ1n) is 6.17. The lowest BCUT2D eigenvalue weighted by atomic mass is 10.1. The van der Waals surface area contributed by atoms with Crippen LogP contribution in [0.15, 0.2) is 18.2 Å². The largest absolute Gasteiger partial charge is 0.381 e. The van der Waals surface area contributed by atoms with Crippen LogP contribution in [-0.4, -0.2) is 6.04 Å². The molecule has 0 aromatic heterocycles. The summed E-state index contributed by atoms with van der Waals surface area (Å²) in [5, 5.41) is 13.0. The maximum Gasteiger partial charge on any atom is 0.0992 e. The third-order valence-corrected chi connectivity index (χ3v) is 3.18. The first-order chi connectivity index (χ1) is 8.21. The predicted octanol–water partition coefficient (Wildman–Crippen LogP) is 4.59. The monoisotopic (exact) mass is 250 g/mol. The highest BCUT2D eigenvalue weighted by atomic mass is 35.5. The molecule has 0 heterocycles. The van der Waals surface area contributed by atoms with Gasteiger partial charge in [-0.1, -0.05) is 38.3 Å². The summed E-state index contributed by atoms with van der Waals surface area (Å²) >= 11 is 6.12. The van der Waals surface area contributed by atoms with E-state index >= 15 is 0 Å². The molecule has 17 heavy (non-hydrogen) atoms. The second-order valence-electron chi connectivity index (χ2n) is 4.20. The summed E-state index contributed by atoms with van der Waals surface area (Å²) in [5.74, 6) is 0. The van der Waals surface area contributed by atoms with E-state index in [9.17, 15) is 0 Å². The third-order valence-electron chi connectivity index (χ3n) is 2.85. The molecule has 1 unspecified atom stereocenters. The maximum atomic E-state index is 8.86. The Kier molecular flexibility index (Phi) is 5.86. The molecule has 3 heteroatoms. The number of benzene rings is 1. The molecule has 0 saturated carbocycles. The minimum atomic E-state index is 0.432. The van der Waals surface area contributed by atoms with Crippen molar-refractivity contribution < 1.29 is 0 Å². The molecule has 92 valence electrons. The molecule has 0 aliphatic heterocycles. The van der Waals surface area contributed by atoms with Crippen molar-refractivity contribution in [2.75, 3.05) is 5.32 Å².